The second-order valence-corrected chi connectivity index (χ2v) is 4.23. The Morgan fingerprint density at radius 3 is 2.56 bits per heavy atom. The third-order valence-electron chi connectivity index (χ3n) is 2.36. The fourth-order valence-electron chi connectivity index (χ4n) is 1.55. The molecular formula is C11H12BrN3O3. The molecule has 1 aromatic heterocycles. The van der Waals surface area contributed by atoms with Crippen LogP contribution in [0.2, 0.25) is 0 Å². The molecule has 2 rings (SSSR count). The third kappa shape index (κ3) is 2.19. The fraction of sp³-hybridized carbons (Fsp3) is 0.273. The maximum atomic E-state index is 5.43. The highest BCUT2D eigenvalue weighted by molar-refractivity contribution is 9.10. The molecule has 96 valence electrons. The molecule has 0 atom stereocenters. The first kappa shape index (κ1) is 12.8. The number of methoxy groups -OCH3 is 2. The van der Waals surface area contributed by atoms with E-state index in [9.17, 15) is 0 Å². The normalized spacial score (nSPS) is 10.4. The first-order valence-corrected chi connectivity index (χ1v) is 5.94. The van der Waals surface area contributed by atoms with Crippen LogP contribution in [0.3, 0.4) is 0 Å². The Morgan fingerprint density at radius 1 is 1.28 bits per heavy atom. The van der Waals surface area contributed by atoms with Crippen molar-refractivity contribution in [3.05, 3.63) is 22.5 Å². The van der Waals surface area contributed by atoms with Crippen molar-refractivity contribution < 1.29 is 14.0 Å². The van der Waals surface area contributed by atoms with Gasteiger partial charge >= 0.3 is 0 Å². The van der Waals surface area contributed by atoms with Gasteiger partial charge in [0, 0.05) is 0 Å². The molecule has 2 N–H and O–H groups in total. The number of ether oxygens (including phenoxy) is 2. The van der Waals surface area contributed by atoms with E-state index >= 15 is 0 Å². The van der Waals surface area contributed by atoms with Crippen LogP contribution < -0.4 is 15.2 Å². The van der Waals surface area contributed by atoms with Crippen molar-refractivity contribution in [3.63, 3.8) is 0 Å². The zero-order valence-electron chi connectivity index (χ0n) is 9.94. The fourth-order valence-corrected chi connectivity index (χ4v) is 2.03. The number of hydrogen-bond donors (Lipinski definition) is 1. The quantitative estimate of drug-likeness (QED) is 0.929. The van der Waals surface area contributed by atoms with E-state index in [2.05, 4.69) is 26.1 Å². The molecule has 1 aromatic carbocycles. The molecule has 0 radical (unpaired) electrons. The van der Waals surface area contributed by atoms with Gasteiger partial charge in [-0.25, -0.2) is 0 Å². The minimum absolute atomic E-state index is 0.197. The van der Waals surface area contributed by atoms with Gasteiger partial charge in [0.1, 0.15) is 0 Å². The predicted octanol–water partition coefficient (Wildman–Crippen LogP) is 1.97. The van der Waals surface area contributed by atoms with Crippen molar-refractivity contribution in [2.24, 2.45) is 5.73 Å². The van der Waals surface area contributed by atoms with Gasteiger partial charge in [0.25, 0.3) is 0 Å². The Kier molecular flexibility index (Phi) is 3.83. The van der Waals surface area contributed by atoms with E-state index < -0.39 is 0 Å². The average Bonchev–Trinajstić information content (AvgIpc) is 2.86. The van der Waals surface area contributed by atoms with Gasteiger partial charge in [-0.3, -0.25) is 0 Å². The van der Waals surface area contributed by atoms with Crippen LogP contribution in [0.4, 0.5) is 0 Å². The van der Waals surface area contributed by atoms with E-state index in [0.717, 1.165) is 4.47 Å². The second-order valence-electron chi connectivity index (χ2n) is 3.38. The Balaban J connectivity index is 2.56. The highest BCUT2D eigenvalue weighted by Crippen LogP contribution is 2.41. The summed E-state index contributed by atoms with van der Waals surface area (Å²) in [6, 6.07) is 3.64. The molecule has 0 fully saturated rings. The minimum Gasteiger partial charge on any atom is -0.492 e. The van der Waals surface area contributed by atoms with Crippen LogP contribution in [0.15, 0.2) is 21.1 Å². The van der Waals surface area contributed by atoms with E-state index in [1.807, 2.05) is 12.1 Å². The molecule has 0 amide bonds. The van der Waals surface area contributed by atoms with Gasteiger partial charge in [0.05, 0.1) is 30.8 Å². The number of nitrogens with zero attached hydrogens (tertiary/aromatic N) is 2. The summed E-state index contributed by atoms with van der Waals surface area (Å²) in [7, 11) is 3.12. The van der Waals surface area contributed by atoms with Crippen LogP contribution >= 0.6 is 15.9 Å². The zero-order valence-corrected chi connectivity index (χ0v) is 11.5. The summed E-state index contributed by atoms with van der Waals surface area (Å²) in [4.78, 5) is 4.16. The maximum Gasteiger partial charge on any atom is 0.240 e. The maximum absolute atomic E-state index is 5.43. The molecule has 0 spiro atoms. The highest BCUT2D eigenvalue weighted by Gasteiger charge is 2.18. The number of aromatic nitrogens is 2. The van der Waals surface area contributed by atoms with Crippen molar-refractivity contribution >= 4 is 15.9 Å². The number of rotatable bonds is 4. The molecule has 0 unspecified atom stereocenters. The SMILES string of the molecule is COc1c(Br)ccc(-c2noc(CN)n2)c1OC. The summed E-state index contributed by atoms with van der Waals surface area (Å²) in [5.41, 5.74) is 6.11. The van der Waals surface area contributed by atoms with E-state index in [1.165, 1.54) is 0 Å². The van der Waals surface area contributed by atoms with Gasteiger partial charge < -0.3 is 19.7 Å². The smallest absolute Gasteiger partial charge is 0.240 e. The number of halogens is 1. The molecule has 2 aromatic rings. The molecule has 0 aliphatic rings. The van der Waals surface area contributed by atoms with Crippen molar-refractivity contribution in [1.82, 2.24) is 10.1 Å². The lowest BCUT2D eigenvalue weighted by Crippen LogP contribution is -1.97. The minimum atomic E-state index is 0.197. The van der Waals surface area contributed by atoms with E-state index in [0.29, 0.717) is 28.8 Å². The molecule has 18 heavy (non-hydrogen) atoms. The molecular weight excluding hydrogens is 302 g/mol. The van der Waals surface area contributed by atoms with E-state index in [4.69, 9.17) is 19.7 Å². The number of benzene rings is 1. The van der Waals surface area contributed by atoms with Crippen LogP contribution in [0, 0.1) is 0 Å². The molecule has 1 heterocycles. The van der Waals surface area contributed by atoms with Crippen LogP contribution in [0.1, 0.15) is 5.89 Å². The molecule has 0 bridgehead atoms. The average molecular weight is 314 g/mol. The monoisotopic (exact) mass is 313 g/mol. The van der Waals surface area contributed by atoms with Gasteiger partial charge in [-0.1, -0.05) is 5.16 Å². The lowest BCUT2D eigenvalue weighted by molar-refractivity contribution is 0.353. The largest absolute Gasteiger partial charge is 0.492 e. The molecule has 6 nitrogen and oxygen atoms in total. The molecule has 0 aliphatic carbocycles. The Labute approximate surface area is 112 Å². The van der Waals surface area contributed by atoms with Crippen LogP contribution in [0.5, 0.6) is 11.5 Å². The van der Waals surface area contributed by atoms with Gasteiger partial charge in [-0.05, 0) is 28.1 Å². The van der Waals surface area contributed by atoms with Crippen molar-refractivity contribution in [2.45, 2.75) is 6.54 Å². The number of hydrogen-bond acceptors (Lipinski definition) is 6. The Morgan fingerprint density at radius 2 is 2.00 bits per heavy atom. The van der Waals surface area contributed by atoms with Crippen molar-refractivity contribution in [3.8, 4) is 22.9 Å². The molecule has 7 heteroatoms. The lowest BCUT2D eigenvalue weighted by atomic mass is 10.1. The zero-order chi connectivity index (χ0) is 13.1. The summed E-state index contributed by atoms with van der Waals surface area (Å²) < 4.78 is 16.4. The predicted molar refractivity (Wildman–Crippen MR) is 68.4 cm³/mol. The Hall–Kier alpha value is -1.60. The lowest BCUT2D eigenvalue weighted by Gasteiger charge is -2.11. The summed E-state index contributed by atoms with van der Waals surface area (Å²) in [5, 5.41) is 3.85. The van der Waals surface area contributed by atoms with Gasteiger partial charge in [-0.15, -0.1) is 0 Å². The van der Waals surface area contributed by atoms with Crippen LogP contribution in [0.25, 0.3) is 11.4 Å². The van der Waals surface area contributed by atoms with Crippen molar-refractivity contribution in [2.75, 3.05) is 14.2 Å². The summed E-state index contributed by atoms with van der Waals surface area (Å²) >= 11 is 3.38. The first-order chi connectivity index (χ1) is 8.71. The highest BCUT2D eigenvalue weighted by atomic mass is 79.9. The second kappa shape index (κ2) is 5.36. The number of nitrogens with two attached hydrogens (primary N) is 1. The van der Waals surface area contributed by atoms with Gasteiger partial charge in [-0.2, -0.15) is 4.98 Å². The van der Waals surface area contributed by atoms with Crippen molar-refractivity contribution in [1.29, 1.82) is 0 Å². The van der Waals surface area contributed by atoms with Crippen LogP contribution in [-0.4, -0.2) is 24.4 Å². The van der Waals surface area contributed by atoms with E-state index in [-0.39, 0.29) is 6.54 Å². The third-order valence-corrected chi connectivity index (χ3v) is 2.98. The summed E-state index contributed by atoms with van der Waals surface area (Å²) in [5.74, 6) is 1.90. The summed E-state index contributed by atoms with van der Waals surface area (Å²) in [6.45, 7) is 0.197. The van der Waals surface area contributed by atoms with Gasteiger partial charge in [0.15, 0.2) is 11.5 Å². The van der Waals surface area contributed by atoms with E-state index in [1.54, 1.807) is 14.2 Å². The Bertz CT molecular complexity index is 556. The molecule has 0 saturated carbocycles. The van der Waals surface area contributed by atoms with Gasteiger partial charge in [0.2, 0.25) is 11.7 Å². The molecule has 0 saturated heterocycles. The molecule has 0 aliphatic heterocycles. The topological polar surface area (TPSA) is 83.4 Å². The summed E-state index contributed by atoms with van der Waals surface area (Å²) in [6.07, 6.45) is 0. The van der Waals surface area contributed by atoms with Crippen LogP contribution in [-0.2, 0) is 6.54 Å². The standard InChI is InChI=1S/C11H12BrN3O3/c1-16-9-6(3-4-7(12)10(9)17-2)11-14-8(5-13)18-15-11/h3-4H,5,13H2,1-2H3. The first-order valence-electron chi connectivity index (χ1n) is 5.14.